The van der Waals surface area contributed by atoms with Gasteiger partial charge in [-0.1, -0.05) is 0 Å². The first-order chi connectivity index (χ1) is 9.41. The second-order valence-corrected chi connectivity index (χ2v) is 4.97. The van der Waals surface area contributed by atoms with E-state index in [1.54, 1.807) is 11.8 Å². The summed E-state index contributed by atoms with van der Waals surface area (Å²) in [4.78, 5) is 25.3. The van der Waals surface area contributed by atoms with Crippen molar-refractivity contribution in [2.75, 3.05) is 6.54 Å². The minimum absolute atomic E-state index is 0.0894. The Labute approximate surface area is 115 Å². The lowest BCUT2D eigenvalue weighted by atomic mass is 10.0. The number of halogens is 2. The summed E-state index contributed by atoms with van der Waals surface area (Å²) in [6, 6.07) is 1.97. The van der Waals surface area contributed by atoms with Gasteiger partial charge in [0.2, 0.25) is 5.91 Å². The molecule has 108 valence electrons. The van der Waals surface area contributed by atoms with E-state index in [-0.39, 0.29) is 11.3 Å². The van der Waals surface area contributed by atoms with E-state index < -0.39 is 29.6 Å². The third-order valence-electron chi connectivity index (χ3n) is 3.70. The van der Waals surface area contributed by atoms with Gasteiger partial charge in [0.1, 0.15) is 0 Å². The van der Waals surface area contributed by atoms with E-state index in [0.717, 1.165) is 18.6 Å². The molecule has 2 unspecified atom stereocenters. The number of Topliss-reactive ketones (excluding diaryl/α,β-unsaturated/α-hetero) is 1. The molecule has 2 atom stereocenters. The van der Waals surface area contributed by atoms with Crippen LogP contribution in [0.4, 0.5) is 8.78 Å². The van der Waals surface area contributed by atoms with Crippen molar-refractivity contribution < 1.29 is 18.4 Å². The van der Waals surface area contributed by atoms with Crippen molar-refractivity contribution in [3.8, 4) is 0 Å². The fourth-order valence-corrected chi connectivity index (χ4v) is 2.60. The first-order valence-corrected chi connectivity index (χ1v) is 6.46. The summed E-state index contributed by atoms with van der Waals surface area (Å²) in [5.41, 5.74) is 5.40. The second-order valence-electron chi connectivity index (χ2n) is 4.97. The van der Waals surface area contributed by atoms with Gasteiger partial charge in [-0.05, 0) is 44.5 Å². The largest absolute Gasteiger partial charge is 0.368 e. The Bertz CT molecular complexity index is 548. The number of nitrogens with two attached hydrogens (primary N) is 1. The molecule has 6 heteroatoms. The number of hydrogen-bond acceptors (Lipinski definition) is 3. The number of rotatable bonds is 4. The van der Waals surface area contributed by atoms with Gasteiger partial charge in [-0.25, -0.2) is 8.78 Å². The Hall–Kier alpha value is -1.82. The molecule has 1 fully saturated rings. The van der Waals surface area contributed by atoms with Gasteiger partial charge in [-0.2, -0.15) is 0 Å². The summed E-state index contributed by atoms with van der Waals surface area (Å²) < 4.78 is 26.0. The van der Waals surface area contributed by atoms with Crippen molar-refractivity contribution in [2.24, 2.45) is 5.73 Å². The van der Waals surface area contributed by atoms with Crippen LogP contribution in [0.3, 0.4) is 0 Å². The van der Waals surface area contributed by atoms with E-state index in [9.17, 15) is 18.4 Å². The van der Waals surface area contributed by atoms with Crippen LogP contribution in [0.5, 0.6) is 0 Å². The maximum absolute atomic E-state index is 13.2. The van der Waals surface area contributed by atoms with Crippen molar-refractivity contribution in [2.45, 2.75) is 31.8 Å². The van der Waals surface area contributed by atoms with Crippen molar-refractivity contribution in [3.63, 3.8) is 0 Å². The molecule has 1 aliphatic rings. The third kappa shape index (κ3) is 2.70. The van der Waals surface area contributed by atoms with Crippen LogP contribution in [0.25, 0.3) is 0 Å². The molecule has 0 saturated carbocycles. The molecule has 1 saturated heterocycles. The molecule has 0 bridgehead atoms. The number of hydrogen-bond donors (Lipinski definition) is 1. The Kier molecular flexibility index (Phi) is 4.13. The van der Waals surface area contributed by atoms with Crippen LogP contribution in [0, 0.1) is 11.6 Å². The molecule has 0 spiro atoms. The molecule has 1 aliphatic heterocycles. The molecule has 0 aromatic heterocycles. The minimum atomic E-state index is -1.06. The van der Waals surface area contributed by atoms with E-state index in [0.29, 0.717) is 13.0 Å². The highest BCUT2D eigenvalue weighted by Gasteiger charge is 2.35. The number of amides is 1. The lowest BCUT2D eigenvalue weighted by Crippen LogP contribution is -2.47. The number of benzene rings is 1. The maximum atomic E-state index is 13.2. The van der Waals surface area contributed by atoms with Crippen LogP contribution in [0.1, 0.15) is 30.1 Å². The summed E-state index contributed by atoms with van der Waals surface area (Å²) in [7, 11) is 0. The molecule has 20 heavy (non-hydrogen) atoms. The number of nitrogens with zero attached hydrogens (tertiary/aromatic N) is 1. The Morgan fingerprint density at radius 3 is 2.65 bits per heavy atom. The quantitative estimate of drug-likeness (QED) is 0.851. The lowest BCUT2D eigenvalue weighted by molar-refractivity contribution is -0.122. The number of likely N-dealkylation sites (tertiary alicyclic amines) is 1. The number of carbonyl (C=O) groups is 2. The molecule has 0 radical (unpaired) electrons. The predicted octanol–water partition coefficient (Wildman–Crippen LogP) is 1.49. The fraction of sp³-hybridized carbons (Fsp3) is 0.429. The van der Waals surface area contributed by atoms with Crippen molar-refractivity contribution in [1.29, 1.82) is 0 Å². The Morgan fingerprint density at radius 2 is 2.05 bits per heavy atom. The predicted molar refractivity (Wildman–Crippen MR) is 69.1 cm³/mol. The monoisotopic (exact) mass is 282 g/mol. The van der Waals surface area contributed by atoms with Crippen LogP contribution < -0.4 is 5.73 Å². The van der Waals surface area contributed by atoms with Gasteiger partial charge in [-0.15, -0.1) is 0 Å². The normalized spacial score (nSPS) is 20.9. The first kappa shape index (κ1) is 14.6. The molecule has 0 aliphatic carbocycles. The van der Waals surface area contributed by atoms with E-state index in [1.165, 1.54) is 6.07 Å². The molecule has 4 nitrogen and oxygen atoms in total. The van der Waals surface area contributed by atoms with Crippen LogP contribution in [0.2, 0.25) is 0 Å². The maximum Gasteiger partial charge on any atom is 0.234 e. The van der Waals surface area contributed by atoms with Crippen molar-refractivity contribution in [1.82, 2.24) is 4.90 Å². The molecule has 2 rings (SSSR count). The molecule has 2 N–H and O–H groups in total. The highest BCUT2D eigenvalue weighted by Crippen LogP contribution is 2.22. The SMILES string of the molecule is CC(C(=O)c1ccc(F)c(F)c1)N1CCCC1C(N)=O. The van der Waals surface area contributed by atoms with E-state index >= 15 is 0 Å². The summed E-state index contributed by atoms with van der Waals surface area (Å²) in [6.07, 6.45) is 1.40. The van der Waals surface area contributed by atoms with Crippen LogP contribution in [-0.2, 0) is 4.79 Å². The van der Waals surface area contributed by atoms with Gasteiger partial charge in [-0.3, -0.25) is 14.5 Å². The van der Waals surface area contributed by atoms with Crippen molar-refractivity contribution >= 4 is 11.7 Å². The molecular formula is C14H16F2N2O2. The number of carbonyl (C=O) groups excluding carboxylic acids is 2. The van der Waals surface area contributed by atoms with E-state index in [1.807, 2.05) is 0 Å². The Morgan fingerprint density at radius 1 is 1.35 bits per heavy atom. The minimum Gasteiger partial charge on any atom is -0.368 e. The fourth-order valence-electron chi connectivity index (χ4n) is 2.60. The zero-order valence-electron chi connectivity index (χ0n) is 11.1. The summed E-state index contributed by atoms with van der Waals surface area (Å²) in [6.45, 7) is 2.23. The van der Waals surface area contributed by atoms with Crippen LogP contribution in [-0.4, -0.2) is 35.2 Å². The first-order valence-electron chi connectivity index (χ1n) is 6.46. The zero-order chi connectivity index (χ0) is 14.9. The number of ketones is 1. The topological polar surface area (TPSA) is 63.4 Å². The third-order valence-corrected chi connectivity index (χ3v) is 3.70. The van der Waals surface area contributed by atoms with Gasteiger partial charge < -0.3 is 5.73 Å². The highest BCUT2D eigenvalue weighted by molar-refractivity contribution is 6.00. The van der Waals surface area contributed by atoms with Gasteiger partial charge >= 0.3 is 0 Å². The molecular weight excluding hydrogens is 266 g/mol. The van der Waals surface area contributed by atoms with E-state index in [2.05, 4.69) is 0 Å². The summed E-state index contributed by atoms with van der Waals surface area (Å²) in [5, 5.41) is 0. The second kappa shape index (κ2) is 5.66. The van der Waals surface area contributed by atoms with Gasteiger partial charge in [0.05, 0.1) is 12.1 Å². The molecule has 1 aromatic rings. The molecule has 1 amide bonds. The summed E-state index contributed by atoms with van der Waals surface area (Å²) in [5.74, 6) is -2.87. The molecule has 1 aromatic carbocycles. The number of primary amides is 1. The lowest BCUT2D eigenvalue weighted by Gasteiger charge is -2.27. The average molecular weight is 282 g/mol. The van der Waals surface area contributed by atoms with Gasteiger partial charge in [0.25, 0.3) is 0 Å². The molecule has 1 heterocycles. The summed E-state index contributed by atoms with van der Waals surface area (Å²) >= 11 is 0. The standard InChI is InChI=1S/C14H16F2N2O2/c1-8(18-6-2-3-12(18)14(17)20)13(19)9-4-5-10(15)11(16)7-9/h4-5,7-8,12H,2-3,6H2,1H3,(H2,17,20). The average Bonchev–Trinajstić information content (AvgIpc) is 2.89. The highest BCUT2D eigenvalue weighted by atomic mass is 19.2. The van der Waals surface area contributed by atoms with Gasteiger partial charge in [0.15, 0.2) is 17.4 Å². The van der Waals surface area contributed by atoms with Crippen LogP contribution in [0.15, 0.2) is 18.2 Å². The van der Waals surface area contributed by atoms with Gasteiger partial charge in [0, 0.05) is 5.56 Å². The van der Waals surface area contributed by atoms with Crippen molar-refractivity contribution in [3.05, 3.63) is 35.4 Å². The van der Waals surface area contributed by atoms with E-state index in [4.69, 9.17) is 5.73 Å². The van der Waals surface area contributed by atoms with Crippen LogP contribution >= 0.6 is 0 Å². The smallest absolute Gasteiger partial charge is 0.234 e. The zero-order valence-corrected chi connectivity index (χ0v) is 11.1. The Balaban J connectivity index is 2.19.